The van der Waals surface area contributed by atoms with Crippen LogP contribution in [0, 0.1) is 11.3 Å². The van der Waals surface area contributed by atoms with Gasteiger partial charge in [-0.3, -0.25) is 0 Å². The van der Waals surface area contributed by atoms with Gasteiger partial charge in [0, 0.05) is 29.4 Å². The van der Waals surface area contributed by atoms with Gasteiger partial charge < -0.3 is 10.0 Å². The number of nitriles is 1. The molecule has 23 heavy (non-hydrogen) atoms. The summed E-state index contributed by atoms with van der Waals surface area (Å²) in [4.78, 5) is 2.17. The Kier molecular flexibility index (Phi) is 4.50. The van der Waals surface area contributed by atoms with E-state index in [9.17, 15) is 5.11 Å². The molecule has 2 aromatic rings. The molecule has 1 heterocycles. The molecule has 0 spiro atoms. The van der Waals surface area contributed by atoms with Crippen molar-refractivity contribution < 1.29 is 5.11 Å². The lowest BCUT2D eigenvalue weighted by Gasteiger charge is -2.40. The Balaban J connectivity index is 1.77. The van der Waals surface area contributed by atoms with Gasteiger partial charge >= 0.3 is 0 Å². The fraction of sp³-hybridized carbons (Fsp3) is 0.278. The lowest BCUT2D eigenvalue weighted by molar-refractivity contribution is 0.0119. The van der Waals surface area contributed by atoms with E-state index in [0.717, 1.165) is 11.3 Å². The maximum atomic E-state index is 10.9. The summed E-state index contributed by atoms with van der Waals surface area (Å²) in [7, 11) is 0. The maximum absolute atomic E-state index is 10.9. The monoisotopic (exact) mass is 346 g/mol. The number of aliphatic hydroxyl groups is 1. The molecule has 1 aliphatic rings. The van der Waals surface area contributed by atoms with Crippen molar-refractivity contribution in [1.29, 1.82) is 5.26 Å². The second kappa shape index (κ2) is 6.41. The topological polar surface area (TPSA) is 47.3 Å². The third-order valence-corrected chi connectivity index (χ3v) is 5.05. The highest BCUT2D eigenvalue weighted by Gasteiger charge is 2.35. The van der Waals surface area contributed by atoms with Gasteiger partial charge in [-0.25, -0.2) is 0 Å². The fourth-order valence-corrected chi connectivity index (χ4v) is 3.56. The molecule has 0 amide bonds. The molecule has 0 aliphatic carbocycles. The van der Waals surface area contributed by atoms with E-state index in [0.29, 0.717) is 41.5 Å². The molecule has 3 nitrogen and oxygen atoms in total. The zero-order chi connectivity index (χ0) is 16.4. The first-order valence-electron chi connectivity index (χ1n) is 7.45. The fourth-order valence-electron chi connectivity index (χ4n) is 3.03. The second-order valence-electron chi connectivity index (χ2n) is 5.77. The molecule has 0 unspecified atom stereocenters. The van der Waals surface area contributed by atoms with Crippen LogP contribution in [0.3, 0.4) is 0 Å². The molecule has 0 atom stereocenters. The average molecular weight is 347 g/mol. The molecule has 0 bridgehead atoms. The van der Waals surface area contributed by atoms with Crippen molar-refractivity contribution in [3.05, 3.63) is 63.6 Å². The van der Waals surface area contributed by atoms with Crippen LogP contribution in [0.2, 0.25) is 10.0 Å². The highest BCUT2D eigenvalue weighted by atomic mass is 35.5. The van der Waals surface area contributed by atoms with Gasteiger partial charge in [-0.05, 0) is 37.1 Å². The summed E-state index contributed by atoms with van der Waals surface area (Å²) in [6, 6.07) is 14.9. The summed E-state index contributed by atoms with van der Waals surface area (Å²) in [5.41, 5.74) is 1.33. The van der Waals surface area contributed by atoms with Gasteiger partial charge in [0.15, 0.2) is 0 Å². The molecular weight excluding hydrogens is 331 g/mol. The van der Waals surface area contributed by atoms with Crippen molar-refractivity contribution in [3.8, 4) is 6.07 Å². The van der Waals surface area contributed by atoms with Crippen molar-refractivity contribution in [3.63, 3.8) is 0 Å². The van der Waals surface area contributed by atoms with E-state index in [1.165, 1.54) is 0 Å². The highest BCUT2D eigenvalue weighted by Crippen LogP contribution is 2.38. The van der Waals surface area contributed by atoms with Gasteiger partial charge in [0.25, 0.3) is 0 Å². The van der Waals surface area contributed by atoms with Crippen molar-refractivity contribution >= 4 is 28.9 Å². The normalized spacial score (nSPS) is 16.9. The molecule has 118 valence electrons. The molecule has 1 N–H and O–H groups in total. The van der Waals surface area contributed by atoms with Crippen LogP contribution in [0.5, 0.6) is 0 Å². The zero-order valence-corrected chi connectivity index (χ0v) is 14.0. The van der Waals surface area contributed by atoms with Gasteiger partial charge in [0.05, 0.1) is 16.2 Å². The molecule has 3 rings (SSSR count). The number of piperidine rings is 1. The van der Waals surface area contributed by atoms with Gasteiger partial charge in [0.1, 0.15) is 6.07 Å². The minimum absolute atomic E-state index is 0.455. The highest BCUT2D eigenvalue weighted by molar-refractivity contribution is 6.32. The molecule has 2 aromatic carbocycles. The van der Waals surface area contributed by atoms with Gasteiger partial charge in [-0.2, -0.15) is 5.26 Å². The Hall–Kier alpha value is -1.73. The van der Waals surface area contributed by atoms with E-state index in [2.05, 4.69) is 11.0 Å². The van der Waals surface area contributed by atoms with E-state index in [1.54, 1.807) is 12.1 Å². The molecular formula is C18H16Cl2N2O. The third-order valence-electron chi connectivity index (χ3n) is 4.40. The van der Waals surface area contributed by atoms with E-state index < -0.39 is 5.60 Å². The standard InChI is InChI=1S/C18H16Cl2N2O/c19-16-4-2-1-3-15(16)18(23)7-9-22(10-8-18)14-6-5-13(12-21)17(20)11-14/h1-6,11,23H,7-10H2. The number of rotatable bonds is 2. The van der Waals surface area contributed by atoms with Gasteiger partial charge in [-0.15, -0.1) is 0 Å². The van der Waals surface area contributed by atoms with Crippen LogP contribution in [0.15, 0.2) is 42.5 Å². The second-order valence-corrected chi connectivity index (χ2v) is 6.59. The molecule has 1 fully saturated rings. The van der Waals surface area contributed by atoms with Crippen LogP contribution < -0.4 is 4.90 Å². The number of hydrogen-bond acceptors (Lipinski definition) is 3. The molecule has 1 aliphatic heterocycles. The summed E-state index contributed by atoms with van der Waals surface area (Å²) in [6.07, 6.45) is 1.18. The summed E-state index contributed by atoms with van der Waals surface area (Å²) in [5.74, 6) is 0. The molecule has 5 heteroatoms. The first kappa shape index (κ1) is 16.1. The largest absolute Gasteiger partial charge is 0.385 e. The van der Waals surface area contributed by atoms with Crippen LogP contribution >= 0.6 is 23.2 Å². The predicted octanol–water partition coefficient (Wildman–Crippen LogP) is 4.35. The quantitative estimate of drug-likeness (QED) is 0.878. The molecule has 0 radical (unpaired) electrons. The van der Waals surface area contributed by atoms with Crippen LogP contribution in [-0.4, -0.2) is 18.2 Å². The lowest BCUT2D eigenvalue weighted by atomic mass is 9.84. The molecule has 0 aromatic heterocycles. The third kappa shape index (κ3) is 3.16. The maximum Gasteiger partial charge on any atom is 0.101 e. The van der Waals surface area contributed by atoms with Gasteiger partial charge in [-0.1, -0.05) is 41.4 Å². The number of anilines is 1. The first-order valence-corrected chi connectivity index (χ1v) is 8.21. The summed E-state index contributed by atoms with van der Waals surface area (Å²) < 4.78 is 0. The van der Waals surface area contributed by atoms with Crippen LogP contribution in [0.4, 0.5) is 5.69 Å². The van der Waals surface area contributed by atoms with Crippen molar-refractivity contribution in [2.75, 3.05) is 18.0 Å². The molecule has 0 saturated carbocycles. The Labute approximate surface area is 145 Å². The summed E-state index contributed by atoms with van der Waals surface area (Å²) in [5, 5.41) is 20.9. The smallest absolute Gasteiger partial charge is 0.101 e. The lowest BCUT2D eigenvalue weighted by Crippen LogP contribution is -2.42. The van der Waals surface area contributed by atoms with E-state index in [4.69, 9.17) is 28.5 Å². The molecule has 1 saturated heterocycles. The minimum atomic E-state index is -0.898. The SMILES string of the molecule is N#Cc1ccc(N2CCC(O)(c3ccccc3Cl)CC2)cc1Cl. The van der Waals surface area contributed by atoms with E-state index in [-0.39, 0.29) is 0 Å². The first-order chi connectivity index (χ1) is 11.0. The van der Waals surface area contributed by atoms with Crippen molar-refractivity contribution in [2.45, 2.75) is 18.4 Å². The van der Waals surface area contributed by atoms with E-state index in [1.807, 2.05) is 30.3 Å². The summed E-state index contributed by atoms with van der Waals surface area (Å²) >= 11 is 12.3. The Morgan fingerprint density at radius 2 is 1.74 bits per heavy atom. The number of halogens is 2. The van der Waals surface area contributed by atoms with Crippen LogP contribution in [0.25, 0.3) is 0 Å². The number of benzene rings is 2. The Morgan fingerprint density at radius 1 is 1.04 bits per heavy atom. The Morgan fingerprint density at radius 3 is 2.35 bits per heavy atom. The minimum Gasteiger partial charge on any atom is -0.385 e. The van der Waals surface area contributed by atoms with E-state index >= 15 is 0 Å². The average Bonchev–Trinajstić information content (AvgIpc) is 2.56. The predicted molar refractivity (Wildman–Crippen MR) is 93.0 cm³/mol. The van der Waals surface area contributed by atoms with Gasteiger partial charge in [0.2, 0.25) is 0 Å². The summed E-state index contributed by atoms with van der Waals surface area (Å²) in [6.45, 7) is 1.40. The van der Waals surface area contributed by atoms with Crippen LogP contribution in [-0.2, 0) is 5.60 Å². The van der Waals surface area contributed by atoms with Crippen LogP contribution in [0.1, 0.15) is 24.0 Å². The number of nitrogens with zero attached hydrogens (tertiary/aromatic N) is 2. The Bertz CT molecular complexity index is 762. The van der Waals surface area contributed by atoms with Crippen molar-refractivity contribution in [2.24, 2.45) is 0 Å². The van der Waals surface area contributed by atoms with Crippen molar-refractivity contribution in [1.82, 2.24) is 0 Å². The number of hydrogen-bond donors (Lipinski definition) is 1. The zero-order valence-electron chi connectivity index (χ0n) is 12.5.